The fraction of sp³-hybridized carbons (Fsp3) is 0.917. The lowest BCUT2D eigenvalue weighted by Crippen LogP contribution is -2.31. The van der Waals surface area contributed by atoms with E-state index in [0.717, 1.165) is 25.4 Å². The maximum Gasteiger partial charge on any atom is 0.0963 e. The standard InChI is InChI=1S/C12H23N3/c13-11-5-2-10(3-6-11)4-7-12-14-8-1-9-15-12/h10-11H,1-9,13H2,(H,14,15). The molecule has 0 aromatic heterocycles. The van der Waals surface area contributed by atoms with E-state index in [-0.39, 0.29) is 0 Å². The van der Waals surface area contributed by atoms with Gasteiger partial charge < -0.3 is 11.1 Å². The van der Waals surface area contributed by atoms with Crippen molar-refractivity contribution >= 4 is 5.84 Å². The van der Waals surface area contributed by atoms with Crippen LogP contribution < -0.4 is 11.1 Å². The number of hydrogen-bond donors (Lipinski definition) is 2. The smallest absolute Gasteiger partial charge is 0.0963 e. The summed E-state index contributed by atoms with van der Waals surface area (Å²) in [7, 11) is 0. The molecule has 0 aromatic carbocycles. The molecule has 0 amide bonds. The third-order valence-corrected chi connectivity index (χ3v) is 3.65. The molecular formula is C12H23N3. The Bertz CT molecular complexity index is 217. The van der Waals surface area contributed by atoms with Gasteiger partial charge in [0.1, 0.15) is 0 Å². The summed E-state index contributed by atoms with van der Waals surface area (Å²) in [5, 5.41) is 3.39. The summed E-state index contributed by atoms with van der Waals surface area (Å²) in [5.41, 5.74) is 5.90. The SMILES string of the molecule is NC1CCC(CCC2=NCCCN2)CC1. The predicted octanol–water partition coefficient (Wildman–Crippen LogP) is 1.68. The third-order valence-electron chi connectivity index (χ3n) is 3.65. The van der Waals surface area contributed by atoms with Gasteiger partial charge in [-0.25, -0.2) is 0 Å². The first kappa shape index (κ1) is 10.9. The highest BCUT2D eigenvalue weighted by atomic mass is 15.0. The molecule has 0 saturated heterocycles. The van der Waals surface area contributed by atoms with E-state index in [1.54, 1.807) is 0 Å². The van der Waals surface area contributed by atoms with E-state index < -0.39 is 0 Å². The van der Waals surface area contributed by atoms with Crippen molar-refractivity contribution in [3.8, 4) is 0 Å². The van der Waals surface area contributed by atoms with Gasteiger partial charge in [0, 0.05) is 25.6 Å². The van der Waals surface area contributed by atoms with E-state index in [2.05, 4.69) is 10.3 Å². The summed E-state index contributed by atoms with van der Waals surface area (Å²) in [5.74, 6) is 2.15. The molecule has 15 heavy (non-hydrogen) atoms. The van der Waals surface area contributed by atoms with Gasteiger partial charge in [0.05, 0.1) is 5.84 Å². The normalized spacial score (nSPS) is 31.9. The highest BCUT2D eigenvalue weighted by molar-refractivity contribution is 5.82. The van der Waals surface area contributed by atoms with Crippen LogP contribution >= 0.6 is 0 Å². The number of amidine groups is 1. The summed E-state index contributed by atoms with van der Waals surface area (Å²) in [4.78, 5) is 4.51. The highest BCUT2D eigenvalue weighted by Crippen LogP contribution is 2.26. The molecule has 0 atom stereocenters. The van der Waals surface area contributed by atoms with Crippen molar-refractivity contribution in [2.24, 2.45) is 16.6 Å². The molecule has 1 saturated carbocycles. The lowest BCUT2D eigenvalue weighted by atomic mass is 9.83. The molecule has 1 aliphatic carbocycles. The first-order valence-corrected chi connectivity index (χ1v) is 6.37. The minimum Gasteiger partial charge on any atom is -0.374 e. The monoisotopic (exact) mass is 209 g/mol. The van der Waals surface area contributed by atoms with Crippen molar-refractivity contribution < 1.29 is 0 Å². The predicted molar refractivity (Wildman–Crippen MR) is 64.1 cm³/mol. The van der Waals surface area contributed by atoms with Gasteiger partial charge in [-0.05, 0) is 44.4 Å². The van der Waals surface area contributed by atoms with Crippen LogP contribution in [-0.2, 0) is 0 Å². The van der Waals surface area contributed by atoms with Crippen molar-refractivity contribution in [2.75, 3.05) is 13.1 Å². The van der Waals surface area contributed by atoms with E-state index in [4.69, 9.17) is 5.73 Å². The van der Waals surface area contributed by atoms with Crippen molar-refractivity contribution in [1.29, 1.82) is 0 Å². The van der Waals surface area contributed by atoms with Gasteiger partial charge in [0.25, 0.3) is 0 Å². The van der Waals surface area contributed by atoms with Crippen LogP contribution in [0.1, 0.15) is 44.9 Å². The van der Waals surface area contributed by atoms with Gasteiger partial charge in [0.2, 0.25) is 0 Å². The van der Waals surface area contributed by atoms with Crippen LogP contribution in [0.4, 0.5) is 0 Å². The fourth-order valence-corrected chi connectivity index (χ4v) is 2.57. The Labute approximate surface area is 92.5 Å². The zero-order chi connectivity index (χ0) is 10.5. The quantitative estimate of drug-likeness (QED) is 0.743. The van der Waals surface area contributed by atoms with Crippen LogP contribution in [0.15, 0.2) is 4.99 Å². The Hall–Kier alpha value is -0.570. The Balaban J connectivity index is 1.67. The van der Waals surface area contributed by atoms with E-state index in [1.165, 1.54) is 44.4 Å². The first-order chi connectivity index (χ1) is 7.34. The van der Waals surface area contributed by atoms with Gasteiger partial charge in [-0.2, -0.15) is 0 Å². The lowest BCUT2D eigenvalue weighted by molar-refractivity contribution is 0.313. The summed E-state index contributed by atoms with van der Waals surface area (Å²) in [6.07, 6.45) is 8.76. The highest BCUT2D eigenvalue weighted by Gasteiger charge is 2.18. The Morgan fingerprint density at radius 1 is 1.27 bits per heavy atom. The molecule has 3 N–H and O–H groups in total. The average molecular weight is 209 g/mol. The van der Waals surface area contributed by atoms with E-state index in [9.17, 15) is 0 Å². The van der Waals surface area contributed by atoms with Gasteiger partial charge in [-0.1, -0.05) is 0 Å². The first-order valence-electron chi connectivity index (χ1n) is 6.37. The van der Waals surface area contributed by atoms with Crippen LogP contribution in [0.3, 0.4) is 0 Å². The molecule has 0 bridgehead atoms. The fourth-order valence-electron chi connectivity index (χ4n) is 2.57. The largest absolute Gasteiger partial charge is 0.374 e. The minimum absolute atomic E-state index is 0.478. The molecule has 0 radical (unpaired) electrons. The number of aliphatic imine (C=N–C) groups is 1. The second-order valence-corrected chi connectivity index (χ2v) is 4.93. The third kappa shape index (κ3) is 3.49. The molecule has 0 spiro atoms. The van der Waals surface area contributed by atoms with Crippen LogP contribution in [0.25, 0.3) is 0 Å². The van der Waals surface area contributed by atoms with E-state index >= 15 is 0 Å². The topological polar surface area (TPSA) is 50.4 Å². The number of nitrogens with zero attached hydrogens (tertiary/aromatic N) is 1. The molecule has 3 heteroatoms. The summed E-state index contributed by atoms with van der Waals surface area (Å²) in [6, 6.07) is 0.478. The Morgan fingerprint density at radius 2 is 2.07 bits per heavy atom. The lowest BCUT2D eigenvalue weighted by Gasteiger charge is -2.26. The molecular weight excluding hydrogens is 186 g/mol. The van der Waals surface area contributed by atoms with Crippen LogP contribution in [0, 0.1) is 5.92 Å². The number of hydrogen-bond acceptors (Lipinski definition) is 3. The molecule has 1 heterocycles. The second-order valence-electron chi connectivity index (χ2n) is 4.93. The molecule has 0 unspecified atom stereocenters. The molecule has 3 nitrogen and oxygen atoms in total. The summed E-state index contributed by atoms with van der Waals surface area (Å²) < 4.78 is 0. The molecule has 2 rings (SSSR count). The van der Waals surface area contributed by atoms with E-state index in [0.29, 0.717) is 6.04 Å². The maximum atomic E-state index is 5.90. The van der Waals surface area contributed by atoms with Gasteiger partial charge in [-0.15, -0.1) is 0 Å². The van der Waals surface area contributed by atoms with Crippen LogP contribution in [-0.4, -0.2) is 25.0 Å². The zero-order valence-corrected chi connectivity index (χ0v) is 9.54. The van der Waals surface area contributed by atoms with Crippen LogP contribution in [0.5, 0.6) is 0 Å². The van der Waals surface area contributed by atoms with Gasteiger partial charge in [0.15, 0.2) is 0 Å². The molecule has 1 fully saturated rings. The van der Waals surface area contributed by atoms with Crippen LogP contribution in [0.2, 0.25) is 0 Å². The average Bonchev–Trinajstić information content (AvgIpc) is 2.30. The molecule has 2 aliphatic rings. The molecule has 86 valence electrons. The van der Waals surface area contributed by atoms with Gasteiger partial charge >= 0.3 is 0 Å². The number of nitrogens with one attached hydrogen (secondary N) is 1. The van der Waals surface area contributed by atoms with Crippen molar-refractivity contribution in [3.63, 3.8) is 0 Å². The van der Waals surface area contributed by atoms with Gasteiger partial charge in [-0.3, -0.25) is 4.99 Å². The van der Waals surface area contributed by atoms with Crippen molar-refractivity contribution in [1.82, 2.24) is 5.32 Å². The Kier molecular flexibility index (Phi) is 4.01. The van der Waals surface area contributed by atoms with Crippen molar-refractivity contribution in [3.05, 3.63) is 0 Å². The number of nitrogens with two attached hydrogens (primary N) is 1. The Morgan fingerprint density at radius 3 is 2.73 bits per heavy atom. The molecule has 1 aliphatic heterocycles. The molecule has 0 aromatic rings. The summed E-state index contributed by atoms with van der Waals surface area (Å²) in [6.45, 7) is 2.15. The van der Waals surface area contributed by atoms with Crippen molar-refractivity contribution in [2.45, 2.75) is 51.0 Å². The second kappa shape index (κ2) is 5.50. The zero-order valence-electron chi connectivity index (χ0n) is 9.54. The number of rotatable bonds is 3. The summed E-state index contributed by atoms with van der Waals surface area (Å²) >= 11 is 0. The maximum absolute atomic E-state index is 5.90. The van der Waals surface area contributed by atoms with E-state index in [1.807, 2.05) is 0 Å². The minimum atomic E-state index is 0.478.